The number of aryl methyl sites for hydroxylation is 1. The number of anilines is 3. The molecule has 2 saturated heterocycles. The van der Waals surface area contributed by atoms with E-state index in [4.69, 9.17) is 14.1 Å². The number of aliphatic hydroxyl groups is 1. The molecule has 1 atom stereocenters. The van der Waals surface area contributed by atoms with Gasteiger partial charge in [0.1, 0.15) is 11.6 Å². The molecule has 6 heterocycles. The minimum atomic E-state index is -0.362. The molecular weight excluding hydrogens is 502 g/mol. The van der Waals surface area contributed by atoms with E-state index >= 15 is 0 Å². The molecule has 0 bridgehead atoms. The Kier molecular flexibility index (Phi) is 6.85. The first-order valence-corrected chi connectivity index (χ1v) is 13.0. The summed E-state index contributed by atoms with van der Waals surface area (Å²) in [7, 11) is 3.82. The number of piperazine rings is 1. The molecule has 2 aliphatic heterocycles. The summed E-state index contributed by atoms with van der Waals surface area (Å²) in [6.45, 7) is 4.43. The average molecular weight is 534 g/mol. The molecule has 0 aromatic carbocycles. The van der Waals surface area contributed by atoms with Crippen LogP contribution in [0.3, 0.4) is 0 Å². The summed E-state index contributed by atoms with van der Waals surface area (Å²) >= 11 is 0. The van der Waals surface area contributed by atoms with E-state index in [-0.39, 0.29) is 18.6 Å². The van der Waals surface area contributed by atoms with Gasteiger partial charge in [-0.3, -0.25) is 14.4 Å². The lowest BCUT2D eigenvalue weighted by atomic mass is 10.1. The maximum atomic E-state index is 13.7. The summed E-state index contributed by atoms with van der Waals surface area (Å²) in [5.41, 5.74) is 2.75. The van der Waals surface area contributed by atoms with E-state index in [1.165, 1.54) is 0 Å². The molecule has 0 radical (unpaired) electrons. The van der Waals surface area contributed by atoms with Crippen LogP contribution in [0.25, 0.3) is 22.5 Å². The Morgan fingerprint density at radius 3 is 2.72 bits per heavy atom. The van der Waals surface area contributed by atoms with Crippen LogP contribution in [-0.2, 0) is 11.8 Å². The third-order valence-corrected chi connectivity index (χ3v) is 7.16. The number of aromatic nitrogens is 5. The predicted octanol–water partition coefficient (Wildman–Crippen LogP) is 1.22. The topological polar surface area (TPSA) is 138 Å². The Morgan fingerprint density at radius 2 is 1.95 bits per heavy atom. The fourth-order valence-electron chi connectivity index (χ4n) is 4.88. The Balaban J connectivity index is 1.35. The van der Waals surface area contributed by atoms with Crippen molar-refractivity contribution >= 4 is 34.8 Å². The van der Waals surface area contributed by atoms with Gasteiger partial charge in [-0.15, -0.1) is 0 Å². The zero-order valence-corrected chi connectivity index (χ0v) is 21.9. The smallest absolute Gasteiger partial charge is 0.300 e. The number of aliphatic hydroxyl groups excluding tert-OH is 1. The van der Waals surface area contributed by atoms with Gasteiger partial charge in [-0.2, -0.15) is 10.1 Å². The highest BCUT2D eigenvalue weighted by atomic mass is 16.5. The van der Waals surface area contributed by atoms with E-state index in [1.807, 2.05) is 42.2 Å². The highest BCUT2D eigenvalue weighted by Crippen LogP contribution is 2.29. The standard InChI is InChI=1S/C26H31N9O4/c1-32-6-7-35(15-18(32)16-36)24-19(12-21-23(30-24)31-26(39-21)34-8-10-38-11-9-34)25(37)29-22-5-3-4-20(28-22)17-13-27-33(2)14-17/h3-5,12-14,18,36H,6-11,15-16H2,1-2H3,(H,28,29,37). The van der Waals surface area contributed by atoms with Crippen molar-refractivity contribution in [2.75, 3.05) is 74.7 Å². The van der Waals surface area contributed by atoms with Gasteiger partial charge >= 0.3 is 0 Å². The van der Waals surface area contributed by atoms with Crippen molar-refractivity contribution in [1.29, 1.82) is 0 Å². The molecule has 0 aliphatic carbocycles. The van der Waals surface area contributed by atoms with Gasteiger partial charge < -0.3 is 29.4 Å². The van der Waals surface area contributed by atoms with Gasteiger partial charge in [0.15, 0.2) is 5.58 Å². The second-order valence-corrected chi connectivity index (χ2v) is 9.81. The van der Waals surface area contributed by atoms with Crippen LogP contribution in [0.1, 0.15) is 10.4 Å². The molecule has 2 fully saturated rings. The number of nitrogens with zero attached hydrogens (tertiary/aromatic N) is 8. The van der Waals surface area contributed by atoms with E-state index in [0.717, 1.165) is 12.1 Å². The van der Waals surface area contributed by atoms with Crippen molar-refractivity contribution in [3.8, 4) is 11.3 Å². The monoisotopic (exact) mass is 533 g/mol. The van der Waals surface area contributed by atoms with Crippen molar-refractivity contribution in [2.24, 2.45) is 7.05 Å². The number of carbonyl (C=O) groups excluding carboxylic acids is 1. The fourth-order valence-corrected chi connectivity index (χ4v) is 4.88. The van der Waals surface area contributed by atoms with Crippen LogP contribution < -0.4 is 15.1 Å². The van der Waals surface area contributed by atoms with Crippen LogP contribution in [-0.4, -0.2) is 106 Å². The molecule has 2 N–H and O–H groups in total. The molecule has 2 aliphatic rings. The zero-order valence-electron chi connectivity index (χ0n) is 21.9. The molecule has 13 nitrogen and oxygen atoms in total. The molecule has 204 valence electrons. The van der Waals surface area contributed by atoms with Crippen molar-refractivity contribution < 1.29 is 19.1 Å². The number of amides is 1. The van der Waals surface area contributed by atoms with E-state index < -0.39 is 0 Å². The normalized spacial score (nSPS) is 18.6. The first-order chi connectivity index (χ1) is 19.0. The highest BCUT2D eigenvalue weighted by Gasteiger charge is 2.29. The van der Waals surface area contributed by atoms with Crippen LogP contribution in [0, 0.1) is 0 Å². The van der Waals surface area contributed by atoms with Crippen LogP contribution >= 0.6 is 0 Å². The van der Waals surface area contributed by atoms with Crippen molar-refractivity contribution in [2.45, 2.75) is 6.04 Å². The summed E-state index contributed by atoms with van der Waals surface area (Å²) in [5, 5.41) is 17.1. The summed E-state index contributed by atoms with van der Waals surface area (Å²) in [4.78, 5) is 33.9. The Morgan fingerprint density at radius 1 is 1.10 bits per heavy atom. The molecule has 6 rings (SSSR count). The van der Waals surface area contributed by atoms with Crippen molar-refractivity contribution in [1.82, 2.24) is 29.6 Å². The largest absolute Gasteiger partial charge is 0.422 e. The molecule has 1 amide bonds. The summed E-state index contributed by atoms with van der Waals surface area (Å²) in [6, 6.07) is 7.53. The number of hydrogen-bond acceptors (Lipinski definition) is 11. The Labute approximate surface area is 225 Å². The van der Waals surface area contributed by atoms with Crippen LogP contribution in [0.2, 0.25) is 0 Å². The van der Waals surface area contributed by atoms with Crippen LogP contribution in [0.15, 0.2) is 41.1 Å². The number of nitrogens with one attached hydrogen (secondary N) is 1. The Hall–Kier alpha value is -4.07. The SMILES string of the molecule is CN1CCN(c2nc3nc(N4CCOCC4)oc3cc2C(=O)Nc2cccc(-c3cnn(C)c3)n2)CC1CO. The highest BCUT2D eigenvalue weighted by molar-refractivity contribution is 6.08. The second-order valence-electron chi connectivity index (χ2n) is 9.81. The van der Waals surface area contributed by atoms with Crippen molar-refractivity contribution in [3.63, 3.8) is 0 Å². The second kappa shape index (κ2) is 10.6. The third kappa shape index (κ3) is 5.15. The lowest BCUT2D eigenvalue weighted by molar-refractivity contribution is 0.102. The number of rotatable bonds is 6. The number of morpholine rings is 1. The van der Waals surface area contributed by atoms with Gasteiger partial charge in [-0.05, 0) is 19.2 Å². The number of fused-ring (bicyclic) bond motifs is 1. The first kappa shape index (κ1) is 25.2. The first-order valence-electron chi connectivity index (χ1n) is 13.0. The molecule has 39 heavy (non-hydrogen) atoms. The van der Waals surface area contributed by atoms with E-state index in [0.29, 0.717) is 79.5 Å². The van der Waals surface area contributed by atoms with E-state index in [2.05, 4.69) is 25.3 Å². The summed E-state index contributed by atoms with van der Waals surface area (Å²) < 4.78 is 13.2. The van der Waals surface area contributed by atoms with Crippen LogP contribution in [0.4, 0.5) is 17.7 Å². The summed E-state index contributed by atoms with van der Waals surface area (Å²) in [5.74, 6) is 0.543. The van der Waals surface area contributed by atoms with Gasteiger partial charge in [0.05, 0.1) is 43.3 Å². The van der Waals surface area contributed by atoms with Gasteiger partial charge in [0.2, 0.25) is 5.65 Å². The Bertz CT molecular complexity index is 1480. The lowest BCUT2D eigenvalue weighted by Gasteiger charge is -2.39. The molecule has 0 saturated carbocycles. The fraction of sp³-hybridized carbons (Fsp3) is 0.423. The molecule has 1 unspecified atom stereocenters. The summed E-state index contributed by atoms with van der Waals surface area (Å²) in [6.07, 6.45) is 3.59. The van der Waals surface area contributed by atoms with Gasteiger partial charge in [-0.25, -0.2) is 9.97 Å². The number of carbonyl (C=O) groups is 1. The predicted molar refractivity (Wildman–Crippen MR) is 145 cm³/mol. The number of oxazole rings is 1. The lowest BCUT2D eigenvalue weighted by Crippen LogP contribution is -2.53. The van der Waals surface area contributed by atoms with Gasteiger partial charge in [0, 0.05) is 57.6 Å². The van der Waals surface area contributed by atoms with Gasteiger partial charge in [0.25, 0.3) is 11.9 Å². The minimum Gasteiger partial charge on any atom is -0.422 e. The number of hydrogen-bond donors (Lipinski definition) is 2. The van der Waals surface area contributed by atoms with E-state index in [1.54, 1.807) is 23.0 Å². The molecule has 13 heteroatoms. The minimum absolute atomic E-state index is 0.00691. The quantitative estimate of drug-likeness (QED) is 0.370. The maximum absolute atomic E-state index is 13.7. The zero-order chi connectivity index (χ0) is 26.9. The number of ether oxygens (including phenoxy) is 1. The molecule has 4 aromatic heterocycles. The number of pyridine rings is 2. The third-order valence-electron chi connectivity index (χ3n) is 7.16. The van der Waals surface area contributed by atoms with Crippen molar-refractivity contribution in [3.05, 3.63) is 42.2 Å². The molecule has 4 aromatic rings. The average Bonchev–Trinajstić information content (AvgIpc) is 3.59. The molecular formula is C26H31N9O4. The van der Waals surface area contributed by atoms with Crippen LogP contribution in [0.5, 0.6) is 0 Å². The maximum Gasteiger partial charge on any atom is 0.300 e. The number of likely N-dealkylation sites (N-methyl/N-ethyl adjacent to an activating group) is 1. The van der Waals surface area contributed by atoms with Gasteiger partial charge in [-0.1, -0.05) is 6.07 Å². The molecule has 0 spiro atoms. The van der Waals surface area contributed by atoms with E-state index in [9.17, 15) is 9.90 Å².